The third-order valence-electron chi connectivity index (χ3n) is 4.45. The van der Waals surface area contributed by atoms with E-state index in [1.165, 1.54) is 47.4 Å². The summed E-state index contributed by atoms with van der Waals surface area (Å²) in [5, 5.41) is 3.16. The van der Waals surface area contributed by atoms with Crippen molar-refractivity contribution in [3.8, 4) is 17.2 Å². The maximum Gasteiger partial charge on any atom is 0.316 e. The van der Waals surface area contributed by atoms with E-state index in [-0.39, 0.29) is 23.6 Å². The molecule has 0 aliphatic rings. The average molecular weight is 505 g/mol. The van der Waals surface area contributed by atoms with Crippen molar-refractivity contribution in [1.82, 2.24) is 4.98 Å². The van der Waals surface area contributed by atoms with Crippen molar-refractivity contribution in [2.24, 2.45) is 0 Å². The molecular formula is C24H25FN2O5S2. The Labute approximate surface area is 205 Å². The molecule has 10 heteroatoms. The second-order valence-corrected chi connectivity index (χ2v) is 9.42. The first-order valence-electron chi connectivity index (χ1n) is 10.7. The summed E-state index contributed by atoms with van der Waals surface area (Å²) in [4.78, 5) is 28.7. The molecule has 34 heavy (non-hydrogen) atoms. The first-order chi connectivity index (χ1) is 16.4. The van der Waals surface area contributed by atoms with E-state index in [0.29, 0.717) is 34.6 Å². The van der Waals surface area contributed by atoms with Gasteiger partial charge in [-0.1, -0.05) is 18.3 Å². The molecule has 7 nitrogen and oxygen atoms in total. The number of hydrogen-bond donors (Lipinski definition) is 1. The van der Waals surface area contributed by atoms with Gasteiger partial charge in [0.1, 0.15) is 23.1 Å². The number of ether oxygens (including phenoxy) is 3. The number of thioether (sulfide) groups is 1. The number of nitrogens with one attached hydrogen (secondary N) is 1. The van der Waals surface area contributed by atoms with Crippen molar-refractivity contribution in [2.45, 2.75) is 37.5 Å². The van der Waals surface area contributed by atoms with E-state index in [2.05, 4.69) is 10.3 Å². The van der Waals surface area contributed by atoms with Crippen molar-refractivity contribution in [1.29, 1.82) is 0 Å². The van der Waals surface area contributed by atoms with Crippen LogP contribution in [0.15, 0.2) is 52.9 Å². The minimum atomic E-state index is -0.394. The molecular weight excluding hydrogens is 479 g/mol. The van der Waals surface area contributed by atoms with Crippen molar-refractivity contribution in [3.63, 3.8) is 0 Å². The Balaban J connectivity index is 1.74. The highest BCUT2D eigenvalue weighted by Crippen LogP contribution is 2.31. The summed E-state index contributed by atoms with van der Waals surface area (Å²) in [6, 6.07) is 10.5. The second kappa shape index (κ2) is 12.4. The second-order valence-electron chi connectivity index (χ2n) is 7.12. The first-order valence-corrected chi connectivity index (χ1v) is 12.5. The molecule has 1 heterocycles. The average Bonchev–Trinajstić information content (AvgIpc) is 3.26. The third-order valence-corrected chi connectivity index (χ3v) is 6.53. The van der Waals surface area contributed by atoms with E-state index in [1.54, 1.807) is 31.3 Å². The van der Waals surface area contributed by atoms with Crippen LogP contribution in [0.1, 0.15) is 37.6 Å². The Morgan fingerprint density at radius 1 is 1.12 bits per heavy atom. The topological polar surface area (TPSA) is 86.8 Å². The Morgan fingerprint density at radius 2 is 1.85 bits per heavy atom. The molecule has 1 amide bonds. The van der Waals surface area contributed by atoms with Gasteiger partial charge in [0.2, 0.25) is 0 Å². The number of carbonyl (C=O) groups excluding carboxylic acids is 2. The number of anilines is 1. The summed E-state index contributed by atoms with van der Waals surface area (Å²) in [7, 11) is 0. The molecule has 0 spiro atoms. The number of carbonyl (C=O) groups is 2. The van der Waals surface area contributed by atoms with Crippen molar-refractivity contribution >= 4 is 40.1 Å². The number of hydrogen-bond acceptors (Lipinski definition) is 8. The highest BCUT2D eigenvalue weighted by Gasteiger charge is 2.15. The summed E-state index contributed by atoms with van der Waals surface area (Å²) in [6.45, 7) is 6.01. The fourth-order valence-corrected chi connectivity index (χ4v) is 4.34. The van der Waals surface area contributed by atoms with Gasteiger partial charge in [0, 0.05) is 11.6 Å². The number of esters is 1. The van der Waals surface area contributed by atoms with Crippen molar-refractivity contribution < 1.29 is 28.2 Å². The molecule has 0 aliphatic heterocycles. The number of benzene rings is 2. The van der Waals surface area contributed by atoms with Crippen LogP contribution in [-0.2, 0) is 9.53 Å². The highest BCUT2D eigenvalue weighted by molar-refractivity contribution is 8.01. The van der Waals surface area contributed by atoms with Crippen LogP contribution in [0.2, 0.25) is 0 Å². The number of nitrogens with zero attached hydrogens (tertiary/aromatic N) is 1. The molecule has 0 radical (unpaired) electrons. The van der Waals surface area contributed by atoms with Crippen LogP contribution in [0, 0.1) is 5.82 Å². The van der Waals surface area contributed by atoms with Crippen molar-refractivity contribution in [3.05, 3.63) is 60.0 Å². The molecule has 0 saturated heterocycles. The SMILES string of the molecule is CCOC(=O)CSc1cnc(NC(=O)c2cc(Oc3ccc(F)cc3)cc(O[C@H](C)CC)c2)s1. The minimum Gasteiger partial charge on any atom is -0.491 e. The monoisotopic (exact) mass is 504 g/mol. The zero-order valence-corrected chi connectivity index (χ0v) is 20.6. The lowest BCUT2D eigenvalue weighted by Crippen LogP contribution is -2.14. The predicted octanol–water partition coefficient (Wildman–Crippen LogP) is 6.16. The lowest BCUT2D eigenvalue weighted by atomic mass is 10.2. The Bertz CT molecular complexity index is 1120. The molecule has 3 rings (SSSR count). The smallest absolute Gasteiger partial charge is 0.316 e. The van der Waals surface area contributed by atoms with E-state index in [1.807, 2.05) is 13.8 Å². The van der Waals surface area contributed by atoms with Gasteiger partial charge < -0.3 is 14.2 Å². The van der Waals surface area contributed by atoms with Crippen LogP contribution in [0.4, 0.5) is 9.52 Å². The summed E-state index contributed by atoms with van der Waals surface area (Å²) in [5.74, 6) is 0.378. The predicted molar refractivity (Wildman–Crippen MR) is 131 cm³/mol. The van der Waals surface area contributed by atoms with Gasteiger partial charge in [-0.15, -0.1) is 11.8 Å². The maximum atomic E-state index is 13.2. The normalized spacial score (nSPS) is 11.5. The van der Waals surface area contributed by atoms with Crippen LogP contribution in [0.3, 0.4) is 0 Å². The molecule has 0 fully saturated rings. The maximum absolute atomic E-state index is 13.2. The van der Waals surface area contributed by atoms with Crippen LogP contribution in [0.5, 0.6) is 17.2 Å². The Kier molecular flexibility index (Phi) is 9.29. The molecule has 1 N–H and O–H groups in total. The molecule has 3 aromatic rings. The summed E-state index contributed by atoms with van der Waals surface area (Å²) in [5.41, 5.74) is 0.314. The zero-order valence-electron chi connectivity index (χ0n) is 19.0. The van der Waals surface area contributed by atoms with Crippen molar-refractivity contribution in [2.75, 3.05) is 17.7 Å². The molecule has 1 aromatic heterocycles. The van der Waals surface area contributed by atoms with Crippen LogP contribution >= 0.6 is 23.1 Å². The van der Waals surface area contributed by atoms with E-state index in [4.69, 9.17) is 14.2 Å². The molecule has 2 aromatic carbocycles. The van der Waals surface area contributed by atoms with Gasteiger partial charge in [0.25, 0.3) is 5.91 Å². The minimum absolute atomic E-state index is 0.0603. The van der Waals surface area contributed by atoms with Crippen LogP contribution in [-0.4, -0.2) is 35.3 Å². The van der Waals surface area contributed by atoms with E-state index in [9.17, 15) is 14.0 Å². The number of amides is 1. The van der Waals surface area contributed by atoms with Gasteiger partial charge in [-0.25, -0.2) is 9.37 Å². The molecule has 0 aliphatic carbocycles. The lowest BCUT2D eigenvalue weighted by molar-refractivity contribution is -0.139. The molecule has 0 unspecified atom stereocenters. The summed E-state index contributed by atoms with van der Waals surface area (Å²) in [6.07, 6.45) is 2.32. The Hall–Kier alpha value is -3.11. The quantitative estimate of drug-likeness (QED) is 0.247. The van der Waals surface area contributed by atoms with Gasteiger partial charge in [-0.05, 0) is 56.7 Å². The lowest BCUT2D eigenvalue weighted by Gasteiger charge is -2.15. The standard InChI is InChI=1S/C24H25FN2O5S2/c1-4-15(3)31-19-10-16(11-20(12-19)32-18-8-6-17(25)7-9-18)23(29)27-24-26-13-22(34-24)33-14-21(28)30-5-2/h6-13,15H,4-5,14H2,1-3H3,(H,26,27,29)/t15-/m1/s1. The number of thiazole rings is 1. The van der Waals surface area contributed by atoms with Gasteiger partial charge in [0.15, 0.2) is 5.13 Å². The summed E-state index contributed by atoms with van der Waals surface area (Å²) < 4.78 is 30.6. The zero-order chi connectivity index (χ0) is 24.5. The first kappa shape index (κ1) is 25.5. The molecule has 1 atom stereocenters. The fourth-order valence-electron chi connectivity index (χ4n) is 2.67. The number of halogens is 1. The summed E-state index contributed by atoms with van der Waals surface area (Å²) >= 11 is 2.55. The van der Waals surface area contributed by atoms with Gasteiger partial charge in [0.05, 0.1) is 28.9 Å². The van der Waals surface area contributed by atoms with E-state index < -0.39 is 5.91 Å². The third kappa shape index (κ3) is 7.74. The Morgan fingerprint density at radius 3 is 2.56 bits per heavy atom. The van der Waals surface area contributed by atoms with Gasteiger partial charge in [-0.2, -0.15) is 0 Å². The molecule has 0 bridgehead atoms. The van der Waals surface area contributed by atoms with Crippen LogP contribution in [0.25, 0.3) is 0 Å². The van der Waals surface area contributed by atoms with Crippen LogP contribution < -0.4 is 14.8 Å². The van der Waals surface area contributed by atoms with Gasteiger partial charge >= 0.3 is 5.97 Å². The highest BCUT2D eigenvalue weighted by atomic mass is 32.2. The van der Waals surface area contributed by atoms with Gasteiger partial charge in [-0.3, -0.25) is 14.9 Å². The van der Waals surface area contributed by atoms with E-state index >= 15 is 0 Å². The largest absolute Gasteiger partial charge is 0.491 e. The number of aromatic nitrogens is 1. The molecule has 180 valence electrons. The number of rotatable bonds is 11. The fraction of sp³-hybridized carbons (Fsp3) is 0.292. The molecule has 0 saturated carbocycles. The van der Waals surface area contributed by atoms with E-state index in [0.717, 1.165) is 10.6 Å².